The number of phenolic OH excluding ortho intramolecular Hbond substituents is 4. The molecule has 3 aliphatic rings. The van der Waals surface area contributed by atoms with Gasteiger partial charge in [0.1, 0.15) is 0 Å². The van der Waals surface area contributed by atoms with Crippen LogP contribution >= 0.6 is 0 Å². The van der Waals surface area contributed by atoms with E-state index in [1.54, 1.807) is 0 Å². The van der Waals surface area contributed by atoms with E-state index in [0.717, 1.165) is 69.9 Å². The fourth-order valence-electron chi connectivity index (χ4n) is 2.52. The average Bonchev–Trinajstić information content (AvgIpc) is 2.56. The molecule has 34 heavy (non-hydrogen) atoms. The van der Waals surface area contributed by atoms with E-state index in [-0.39, 0.29) is 24.2 Å². The van der Waals surface area contributed by atoms with Crippen molar-refractivity contribution in [1.29, 1.82) is 0 Å². The van der Waals surface area contributed by atoms with Crippen molar-refractivity contribution in [3.63, 3.8) is 0 Å². The van der Waals surface area contributed by atoms with Gasteiger partial charge in [-0.05, 0) is 38.5 Å². The van der Waals surface area contributed by atoms with Gasteiger partial charge >= 0.3 is 17.9 Å². The third kappa shape index (κ3) is 11.8. The molecule has 0 unspecified atom stereocenters. The van der Waals surface area contributed by atoms with Crippen LogP contribution in [0.4, 0.5) is 0 Å². The molecule has 0 spiro atoms. The number of carboxylic acid groups (broad SMARTS) is 4. The Balaban J connectivity index is 0.000000415. The molecule has 4 rings (SSSR count). The van der Waals surface area contributed by atoms with Gasteiger partial charge in [-0.1, -0.05) is 19.3 Å². The maximum Gasteiger partial charge on any atom is 0.306 e. The Labute approximate surface area is 195 Å². The third-order valence-electron chi connectivity index (χ3n) is 5.43. The molecule has 0 heterocycles. The number of aliphatic carboxylic acids is 3. The van der Waals surface area contributed by atoms with Gasteiger partial charge < -0.3 is 40.9 Å². The monoisotopic (exact) mass is 488 g/mol. The van der Waals surface area contributed by atoms with Gasteiger partial charge in [-0.3, -0.25) is 19.2 Å². The van der Waals surface area contributed by atoms with Crippen molar-refractivity contribution < 1.29 is 60.0 Å². The van der Waals surface area contributed by atoms with E-state index in [2.05, 4.69) is 0 Å². The Morgan fingerprint density at radius 2 is 0.765 bits per heavy atom. The summed E-state index contributed by atoms with van der Waals surface area (Å²) in [4.78, 5) is 38.3. The van der Waals surface area contributed by atoms with Crippen molar-refractivity contribution >= 4 is 24.4 Å². The highest BCUT2D eigenvalue weighted by Gasteiger charge is 2.25. The molecule has 0 amide bonds. The molecule has 0 bridgehead atoms. The number of hydrogen-bond donors (Lipinski definition) is 8. The zero-order valence-electron chi connectivity index (χ0n) is 18.5. The molecular weight excluding hydrogens is 456 g/mol. The molecule has 3 fully saturated rings. The topological polar surface area (TPSA) is 230 Å². The van der Waals surface area contributed by atoms with Crippen LogP contribution in [-0.2, 0) is 19.2 Å². The Hall–Kier alpha value is -3.70. The van der Waals surface area contributed by atoms with E-state index >= 15 is 0 Å². The lowest BCUT2D eigenvalue weighted by Gasteiger charge is -2.19. The van der Waals surface area contributed by atoms with Gasteiger partial charge in [0.05, 0.1) is 17.8 Å². The molecule has 0 aromatic heterocycles. The SMILES string of the molecule is O=C(O)C1CCC1.O=C(O)C1CCC1.O=C(O)C1CCC1.O=CO.Oc1cc(O)c(O)cc1O. The lowest BCUT2D eigenvalue weighted by Crippen LogP contribution is -2.20. The van der Waals surface area contributed by atoms with Crippen molar-refractivity contribution in [2.75, 3.05) is 0 Å². The molecule has 3 saturated carbocycles. The minimum Gasteiger partial charge on any atom is -0.504 e. The summed E-state index contributed by atoms with van der Waals surface area (Å²) in [5.74, 6) is -3.71. The second kappa shape index (κ2) is 16.0. The number of carbonyl (C=O) groups is 4. The van der Waals surface area contributed by atoms with Gasteiger partial charge in [-0.25, -0.2) is 0 Å². The number of aromatic hydroxyl groups is 4. The number of phenols is 4. The summed E-state index contributed by atoms with van der Waals surface area (Å²) in [6, 6.07) is 1.70. The fraction of sp³-hybridized carbons (Fsp3) is 0.545. The maximum absolute atomic E-state index is 9.98. The first kappa shape index (κ1) is 30.3. The second-order valence-corrected chi connectivity index (χ2v) is 7.83. The van der Waals surface area contributed by atoms with Gasteiger partial charge in [0, 0.05) is 12.1 Å². The summed E-state index contributed by atoms with van der Waals surface area (Å²) in [7, 11) is 0. The highest BCUT2D eigenvalue weighted by atomic mass is 16.4. The van der Waals surface area contributed by atoms with Crippen LogP contribution in [0.2, 0.25) is 0 Å². The Morgan fingerprint density at radius 1 is 0.588 bits per heavy atom. The second-order valence-electron chi connectivity index (χ2n) is 7.83. The van der Waals surface area contributed by atoms with Crippen molar-refractivity contribution in [3.8, 4) is 23.0 Å². The molecule has 0 atom stereocenters. The van der Waals surface area contributed by atoms with Crippen molar-refractivity contribution in [1.82, 2.24) is 0 Å². The van der Waals surface area contributed by atoms with Gasteiger partial charge in [0.25, 0.3) is 6.47 Å². The molecule has 0 radical (unpaired) electrons. The molecule has 1 aromatic carbocycles. The number of carboxylic acids is 3. The Kier molecular flexibility index (Phi) is 14.3. The van der Waals surface area contributed by atoms with Crippen LogP contribution in [-0.4, -0.2) is 65.2 Å². The van der Waals surface area contributed by atoms with E-state index in [1.807, 2.05) is 0 Å². The molecule has 3 aliphatic carbocycles. The standard InChI is InChI=1S/C6H6O4.3C5H8O2.CH2O2/c7-3-1-4(8)6(10)2-5(3)9;3*6-5(7)4-2-1-3-4;2-1-3/h1-2,7-10H;3*4H,1-3H2,(H,6,7);1H,(H,2,3). The largest absolute Gasteiger partial charge is 0.504 e. The van der Waals surface area contributed by atoms with Crippen LogP contribution in [0.5, 0.6) is 23.0 Å². The molecule has 12 nitrogen and oxygen atoms in total. The smallest absolute Gasteiger partial charge is 0.306 e. The number of hydrogen-bond acceptors (Lipinski definition) is 8. The molecule has 12 heteroatoms. The fourth-order valence-corrected chi connectivity index (χ4v) is 2.52. The third-order valence-corrected chi connectivity index (χ3v) is 5.43. The van der Waals surface area contributed by atoms with Crippen LogP contribution < -0.4 is 0 Å². The first-order chi connectivity index (χ1) is 15.9. The van der Waals surface area contributed by atoms with E-state index in [0.29, 0.717) is 0 Å². The highest BCUT2D eigenvalue weighted by molar-refractivity contribution is 5.71. The zero-order chi connectivity index (χ0) is 26.3. The minimum absolute atomic E-state index is 0.000000000000000444. The molecule has 1 aromatic rings. The number of rotatable bonds is 3. The van der Waals surface area contributed by atoms with E-state index in [4.69, 9.17) is 45.6 Å². The first-order valence-corrected chi connectivity index (χ1v) is 10.6. The Bertz CT molecular complexity index is 688. The van der Waals surface area contributed by atoms with Gasteiger partial charge in [-0.15, -0.1) is 0 Å². The van der Waals surface area contributed by atoms with Crippen molar-refractivity contribution in [2.24, 2.45) is 17.8 Å². The van der Waals surface area contributed by atoms with Gasteiger partial charge in [0.2, 0.25) is 0 Å². The molecule has 192 valence electrons. The minimum atomic E-state index is -0.619. The van der Waals surface area contributed by atoms with Crippen LogP contribution in [0.15, 0.2) is 12.1 Å². The quantitative estimate of drug-likeness (QED) is 0.174. The van der Waals surface area contributed by atoms with Gasteiger partial charge in [-0.2, -0.15) is 0 Å². The predicted octanol–water partition coefficient (Wildman–Crippen LogP) is 2.82. The normalized spacial score (nSPS) is 16.2. The first-order valence-electron chi connectivity index (χ1n) is 10.6. The number of benzene rings is 1. The van der Waals surface area contributed by atoms with Crippen molar-refractivity contribution in [2.45, 2.75) is 57.8 Å². The van der Waals surface area contributed by atoms with Crippen LogP contribution in [0.3, 0.4) is 0 Å². The molecular formula is C22H32O12. The lowest BCUT2D eigenvalue weighted by atomic mass is 9.86. The lowest BCUT2D eigenvalue weighted by molar-refractivity contribution is -0.145. The van der Waals surface area contributed by atoms with E-state index in [1.165, 1.54) is 0 Å². The van der Waals surface area contributed by atoms with E-state index in [9.17, 15) is 14.4 Å². The van der Waals surface area contributed by atoms with Crippen LogP contribution in [0.25, 0.3) is 0 Å². The average molecular weight is 488 g/mol. The summed E-state index contributed by atoms with van der Waals surface area (Å²) in [5, 5.41) is 66.4. The highest BCUT2D eigenvalue weighted by Crippen LogP contribution is 2.36. The van der Waals surface area contributed by atoms with Crippen molar-refractivity contribution in [3.05, 3.63) is 12.1 Å². The van der Waals surface area contributed by atoms with E-state index < -0.39 is 40.9 Å². The van der Waals surface area contributed by atoms with Gasteiger partial charge in [0.15, 0.2) is 23.0 Å². The molecule has 0 saturated heterocycles. The Morgan fingerprint density at radius 3 is 0.824 bits per heavy atom. The molecule has 0 aliphatic heterocycles. The predicted molar refractivity (Wildman–Crippen MR) is 117 cm³/mol. The molecule has 8 N–H and O–H groups in total. The summed E-state index contributed by atoms with van der Waals surface area (Å²) >= 11 is 0. The summed E-state index contributed by atoms with van der Waals surface area (Å²) in [5.41, 5.74) is 0. The maximum atomic E-state index is 9.98. The zero-order valence-corrected chi connectivity index (χ0v) is 18.5. The van der Waals surface area contributed by atoms with Crippen LogP contribution in [0.1, 0.15) is 57.8 Å². The summed E-state index contributed by atoms with van der Waals surface area (Å²) < 4.78 is 0. The van der Waals surface area contributed by atoms with Crippen LogP contribution in [0, 0.1) is 17.8 Å². The summed E-state index contributed by atoms with van der Waals surface area (Å²) in [6.07, 6.45) is 8.71. The summed E-state index contributed by atoms with van der Waals surface area (Å²) in [6.45, 7) is -0.250.